The Bertz CT molecular complexity index is 1200. The topological polar surface area (TPSA) is 49.9 Å². The molecule has 0 saturated carbocycles. The van der Waals surface area contributed by atoms with Gasteiger partial charge < -0.3 is 14.5 Å². The fraction of sp³-hybridized carbons (Fsp3) is 0.333. The van der Waals surface area contributed by atoms with Crippen molar-refractivity contribution in [3.05, 3.63) is 101 Å². The number of likely N-dealkylation sites (tertiary alicyclic amines) is 1. The molecule has 2 amide bonds. The number of nitrogens with zero attached hydrogens (tertiary/aromatic N) is 2. The predicted octanol–water partition coefficient (Wildman–Crippen LogP) is 6.00. The van der Waals surface area contributed by atoms with E-state index in [1.807, 2.05) is 85.6 Å². The van der Waals surface area contributed by atoms with Crippen molar-refractivity contribution in [2.24, 2.45) is 5.41 Å². The highest BCUT2D eigenvalue weighted by atomic mass is 35.5. The molecule has 6 heteroatoms. The minimum atomic E-state index is -0.499. The molecule has 3 aromatic carbocycles. The van der Waals surface area contributed by atoms with Gasteiger partial charge in [0.1, 0.15) is 5.75 Å². The third kappa shape index (κ3) is 6.46. The van der Waals surface area contributed by atoms with E-state index < -0.39 is 5.41 Å². The average molecular weight is 505 g/mol. The zero-order chi connectivity index (χ0) is 25.5. The van der Waals surface area contributed by atoms with Gasteiger partial charge >= 0.3 is 0 Å². The van der Waals surface area contributed by atoms with Gasteiger partial charge in [0.25, 0.3) is 5.91 Å². The summed E-state index contributed by atoms with van der Waals surface area (Å²) in [6.07, 6.45) is 1.91. The van der Waals surface area contributed by atoms with Gasteiger partial charge in [-0.2, -0.15) is 0 Å². The van der Waals surface area contributed by atoms with Crippen LogP contribution in [0.5, 0.6) is 5.75 Å². The molecule has 0 aromatic heterocycles. The number of halogens is 1. The molecule has 1 saturated heterocycles. The molecule has 188 valence electrons. The van der Waals surface area contributed by atoms with Gasteiger partial charge in [0.05, 0.1) is 6.61 Å². The normalized spacial score (nSPS) is 17.5. The number of hydrogen-bond donors (Lipinski definition) is 0. The van der Waals surface area contributed by atoms with Crippen LogP contribution in [0.15, 0.2) is 78.9 Å². The van der Waals surface area contributed by atoms with E-state index in [0.717, 1.165) is 24.0 Å². The molecule has 1 fully saturated rings. The van der Waals surface area contributed by atoms with Crippen molar-refractivity contribution in [3.63, 3.8) is 0 Å². The SMILES string of the molecule is Cc1ccccc1C(=O)N1CCC[C@](COc2cccc(Cl)c2)(CC(=O)N(C)Cc2ccccc2)C1. The molecule has 4 rings (SSSR count). The zero-order valence-electron chi connectivity index (χ0n) is 21.0. The molecule has 0 spiro atoms. The maximum absolute atomic E-state index is 13.5. The number of carbonyl (C=O) groups excluding carboxylic acids is 2. The first-order chi connectivity index (χ1) is 17.3. The standard InChI is InChI=1S/C30H33ClN2O3/c1-23-10-6-7-15-27(23)29(35)33-17-9-16-30(21-33,22-36-26-14-8-13-25(31)18-26)19-28(34)32(2)20-24-11-4-3-5-12-24/h3-8,10-15,18H,9,16-17,19-22H2,1-2H3/t30-/m0/s1. The summed E-state index contributed by atoms with van der Waals surface area (Å²) in [5.41, 5.74) is 2.24. The highest BCUT2D eigenvalue weighted by molar-refractivity contribution is 6.30. The first kappa shape index (κ1) is 25.8. The van der Waals surface area contributed by atoms with Gasteiger partial charge in [0, 0.05) is 49.1 Å². The summed E-state index contributed by atoms with van der Waals surface area (Å²) in [5, 5.41) is 0.597. The Kier molecular flexibility index (Phi) is 8.32. The molecular weight excluding hydrogens is 472 g/mol. The molecule has 0 aliphatic carbocycles. The van der Waals surface area contributed by atoms with E-state index in [9.17, 15) is 9.59 Å². The van der Waals surface area contributed by atoms with E-state index in [1.54, 1.807) is 17.0 Å². The van der Waals surface area contributed by atoms with Gasteiger partial charge in [-0.05, 0) is 55.2 Å². The molecule has 1 aliphatic rings. The van der Waals surface area contributed by atoms with Crippen molar-refractivity contribution in [2.75, 3.05) is 26.7 Å². The van der Waals surface area contributed by atoms with Crippen LogP contribution in [0.4, 0.5) is 0 Å². The number of piperidine rings is 1. The Morgan fingerprint density at radius 1 is 1.03 bits per heavy atom. The summed E-state index contributed by atoms with van der Waals surface area (Å²) in [6, 6.07) is 24.9. The van der Waals surface area contributed by atoms with Crippen molar-refractivity contribution >= 4 is 23.4 Å². The van der Waals surface area contributed by atoms with Gasteiger partial charge in [-0.15, -0.1) is 0 Å². The van der Waals surface area contributed by atoms with Crippen LogP contribution < -0.4 is 4.74 Å². The highest BCUT2D eigenvalue weighted by Crippen LogP contribution is 2.36. The number of amides is 2. The van der Waals surface area contributed by atoms with Gasteiger partial charge in [-0.3, -0.25) is 9.59 Å². The lowest BCUT2D eigenvalue weighted by molar-refractivity contribution is -0.134. The van der Waals surface area contributed by atoms with Crippen LogP contribution in [-0.4, -0.2) is 48.4 Å². The average Bonchev–Trinajstić information content (AvgIpc) is 2.88. The summed E-state index contributed by atoms with van der Waals surface area (Å²) in [4.78, 5) is 30.5. The largest absolute Gasteiger partial charge is 0.493 e. The second-order valence-electron chi connectivity index (χ2n) is 9.80. The van der Waals surface area contributed by atoms with Gasteiger partial charge in [0.2, 0.25) is 5.91 Å². The molecule has 36 heavy (non-hydrogen) atoms. The third-order valence-corrected chi connectivity index (χ3v) is 7.11. The second kappa shape index (κ2) is 11.6. The molecule has 0 radical (unpaired) electrons. The fourth-order valence-electron chi connectivity index (χ4n) is 4.87. The van der Waals surface area contributed by atoms with Crippen LogP contribution in [0.2, 0.25) is 5.02 Å². The second-order valence-corrected chi connectivity index (χ2v) is 10.2. The predicted molar refractivity (Wildman–Crippen MR) is 143 cm³/mol. The Balaban J connectivity index is 1.54. The number of benzene rings is 3. The monoisotopic (exact) mass is 504 g/mol. The minimum Gasteiger partial charge on any atom is -0.493 e. The van der Waals surface area contributed by atoms with Gasteiger partial charge in [-0.1, -0.05) is 66.2 Å². The fourth-order valence-corrected chi connectivity index (χ4v) is 5.05. The van der Waals surface area contributed by atoms with Crippen molar-refractivity contribution in [1.29, 1.82) is 0 Å². The van der Waals surface area contributed by atoms with E-state index in [-0.39, 0.29) is 11.8 Å². The van der Waals surface area contributed by atoms with Crippen LogP contribution in [0.1, 0.15) is 40.7 Å². The Morgan fingerprint density at radius 2 is 1.78 bits per heavy atom. The van der Waals surface area contributed by atoms with E-state index >= 15 is 0 Å². The van der Waals surface area contributed by atoms with Crippen LogP contribution in [0.25, 0.3) is 0 Å². The van der Waals surface area contributed by atoms with E-state index in [2.05, 4.69) is 0 Å². The van der Waals surface area contributed by atoms with Gasteiger partial charge in [-0.25, -0.2) is 0 Å². The Morgan fingerprint density at radius 3 is 2.53 bits per heavy atom. The van der Waals surface area contributed by atoms with Crippen LogP contribution in [-0.2, 0) is 11.3 Å². The van der Waals surface area contributed by atoms with Crippen molar-refractivity contribution in [1.82, 2.24) is 9.80 Å². The Hall–Kier alpha value is -3.31. The summed E-state index contributed by atoms with van der Waals surface area (Å²) in [7, 11) is 1.83. The van der Waals surface area contributed by atoms with Gasteiger partial charge in [0.15, 0.2) is 0 Å². The summed E-state index contributed by atoms with van der Waals surface area (Å²) in [6.45, 7) is 3.95. The number of ether oxygens (including phenoxy) is 1. The molecule has 1 aliphatic heterocycles. The number of carbonyl (C=O) groups is 2. The minimum absolute atomic E-state index is 0.00465. The maximum Gasteiger partial charge on any atom is 0.254 e. The number of aryl methyl sites for hydroxylation is 1. The van der Waals surface area contributed by atoms with Crippen LogP contribution in [0.3, 0.4) is 0 Å². The first-order valence-corrected chi connectivity index (χ1v) is 12.7. The first-order valence-electron chi connectivity index (χ1n) is 12.4. The van der Waals surface area contributed by atoms with Crippen molar-refractivity contribution in [3.8, 4) is 5.75 Å². The van der Waals surface area contributed by atoms with Crippen LogP contribution in [0, 0.1) is 12.3 Å². The van der Waals surface area contributed by atoms with Crippen molar-refractivity contribution < 1.29 is 14.3 Å². The maximum atomic E-state index is 13.5. The molecule has 3 aromatic rings. The number of hydrogen-bond acceptors (Lipinski definition) is 3. The molecule has 1 heterocycles. The zero-order valence-corrected chi connectivity index (χ0v) is 21.7. The lowest BCUT2D eigenvalue weighted by atomic mass is 9.77. The quantitative estimate of drug-likeness (QED) is 0.378. The molecule has 0 bridgehead atoms. The lowest BCUT2D eigenvalue weighted by Crippen LogP contribution is -2.50. The molecule has 1 atom stereocenters. The Labute approximate surface area is 218 Å². The van der Waals surface area contributed by atoms with Crippen LogP contribution >= 0.6 is 11.6 Å². The molecular formula is C30H33ClN2O3. The van der Waals surface area contributed by atoms with E-state index in [0.29, 0.717) is 49.0 Å². The third-order valence-electron chi connectivity index (χ3n) is 6.88. The summed E-state index contributed by atoms with van der Waals surface area (Å²) < 4.78 is 6.19. The molecule has 5 nitrogen and oxygen atoms in total. The molecule has 0 N–H and O–H groups in total. The summed E-state index contributed by atoms with van der Waals surface area (Å²) in [5.74, 6) is 0.707. The highest BCUT2D eigenvalue weighted by Gasteiger charge is 2.41. The smallest absolute Gasteiger partial charge is 0.254 e. The van der Waals surface area contributed by atoms with E-state index in [1.165, 1.54) is 0 Å². The number of rotatable bonds is 8. The van der Waals surface area contributed by atoms with E-state index in [4.69, 9.17) is 16.3 Å². The molecule has 0 unspecified atom stereocenters. The van der Waals surface area contributed by atoms with Crippen molar-refractivity contribution in [2.45, 2.75) is 32.7 Å². The summed E-state index contributed by atoms with van der Waals surface area (Å²) >= 11 is 6.16. The lowest BCUT2D eigenvalue weighted by Gasteiger charge is -2.43.